The van der Waals surface area contributed by atoms with Crippen LogP contribution in [0.4, 0.5) is 5.95 Å². The molecule has 20 heavy (non-hydrogen) atoms. The Bertz CT molecular complexity index is 686. The minimum Gasteiger partial charge on any atom is -0.292 e. The number of sulfonamides is 1. The molecule has 2 heterocycles. The molecular formula is C9H15N5O4S2. The fourth-order valence-corrected chi connectivity index (χ4v) is 5.29. The Kier molecular flexibility index (Phi) is 3.95. The Labute approximate surface area is 117 Å². The van der Waals surface area contributed by atoms with Crippen LogP contribution in [0.25, 0.3) is 0 Å². The third-order valence-corrected chi connectivity index (χ3v) is 6.73. The lowest BCUT2D eigenvalue weighted by atomic mass is 10.4. The van der Waals surface area contributed by atoms with Crippen molar-refractivity contribution < 1.29 is 16.8 Å². The second-order valence-electron chi connectivity index (χ2n) is 4.47. The number of anilines is 1. The van der Waals surface area contributed by atoms with Gasteiger partial charge in [0.2, 0.25) is 16.0 Å². The van der Waals surface area contributed by atoms with Crippen molar-refractivity contribution in [2.45, 2.75) is 17.9 Å². The maximum atomic E-state index is 12.4. The third kappa shape index (κ3) is 2.90. The molecule has 9 nitrogen and oxygen atoms in total. The molecule has 1 aromatic rings. The van der Waals surface area contributed by atoms with Gasteiger partial charge in [-0.2, -0.15) is 4.31 Å². The Hall–Kier alpha value is -1.30. The number of aromatic nitrogens is 2. The predicted octanol–water partition coefficient (Wildman–Crippen LogP) is -1.43. The van der Waals surface area contributed by atoms with E-state index in [0.717, 1.165) is 16.7 Å². The summed E-state index contributed by atoms with van der Waals surface area (Å²) in [5.41, 5.74) is 2.19. The average molecular weight is 321 g/mol. The largest absolute Gasteiger partial charge is 0.292 e. The average Bonchev–Trinajstić information content (AvgIpc) is 2.37. The molecule has 0 aliphatic carbocycles. The summed E-state index contributed by atoms with van der Waals surface area (Å²) in [6.45, 7) is 1.49. The van der Waals surface area contributed by atoms with E-state index in [0.29, 0.717) is 0 Å². The van der Waals surface area contributed by atoms with Crippen LogP contribution >= 0.6 is 0 Å². The first-order chi connectivity index (χ1) is 9.26. The number of hydrazine groups is 1. The molecule has 1 fully saturated rings. The van der Waals surface area contributed by atoms with Crippen LogP contribution in [0.2, 0.25) is 0 Å². The summed E-state index contributed by atoms with van der Waals surface area (Å²) in [4.78, 5) is 7.39. The van der Waals surface area contributed by atoms with Crippen molar-refractivity contribution in [2.75, 3.05) is 23.5 Å². The van der Waals surface area contributed by atoms with Gasteiger partial charge in [-0.1, -0.05) is 0 Å². The number of hydrogen-bond acceptors (Lipinski definition) is 8. The van der Waals surface area contributed by atoms with Gasteiger partial charge in [-0.15, -0.1) is 0 Å². The van der Waals surface area contributed by atoms with Crippen LogP contribution in [0.5, 0.6) is 0 Å². The smallest absolute Gasteiger partial charge is 0.246 e. The molecule has 11 heteroatoms. The van der Waals surface area contributed by atoms with E-state index in [9.17, 15) is 16.8 Å². The summed E-state index contributed by atoms with van der Waals surface area (Å²) in [6.07, 6.45) is 2.26. The summed E-state index contributed by atoms with van der Waals surface area (Å²) in [5.74, 6) is 4.83. The molecule has 1 aliphatic heterocycles. The Morgan fingerprint density at radius 3 is 2.50 bits per heavy atom. The second-order valence-corrected chi connectivity index (χ2v) is 8.59. The maximum absolute atomic E-state index is 12.4. The third-order valence-electron chi connectivity index (χ3n) is 2.97. The van der Waals surface area contributed by atoms with E-state index < -0.39 is 25.9 Å². The van der Waals surface area contributed by atoms with Crippen LogP contribution in [0.15, 0.2) is 17.3 Å². The van der Waals surface area contributed by atoms with Crippen molar-refractivity contribution in [3.8, 4) is 0 Å². The molecule has 0 spiro atoms. The van der Waals surface area contributed by atoms with Crippen LogP contribution in [-0.2, 0) is 19.9 Å². The summed E-state index contributed by atoms with van der Waals surface area (Å²) >= 11 is 0. The van der Waals surface area contributed by atoms with Gasteiger partial charge in [0.25, 0.3) is 0 Å². The zero-order valence-electron chi connectivity index (χ0n) is 10.7. The van der Waals surface area contributed by atoms with E-state index in [4.69, 9.17) is 5.84 Å². The summed E-state index contributed by atoms with van der Waals surface area (Å²) in [5, 5.41) is 0. The molecule has 1 unspecified atom stereocenters. The first-order valence-corrected chi connectivity index (χ1v) is 9.03. The van der Waals surface area contributed by atoms with Crippen molar-refractivity contribution in [3.05, 3.63) is 12.4 Å². The molecule has 2 rings (SSSR count). The SMILES string of the molecule is CC1CS(=O)(=O)CCN1S(=O)(=O)c1cnc(NN)nc1. The molecule has 3 N–H and O–H groups in total. The maximum Gasteiger partial charge on any atom is 0.246 e. The van der Waals surface area contributed by atoms with E-state index in [1.54, 1.807) is 6.92 Å². The first kappa shape index (κ1) is 15.1. The Morgan fingerprint density at radius 2 is 2.00 bits per heavy atom. The molecule has 1 aromatic heterocycles. The lowest BCUT2D eigenvalue weighted by molar-refractivity contribution is 0.356. The standard InChI is InChI=1S/C9H15N5O4S2/c1-7-6-19(15,16)3-2-14(7)20(17,18)8-4-11-9(13-10)12-5-8/h4-5,7H,2-3,6,10H2,1H3,(H,11,12,13). The van der Waals surface area contributed by atoms with Gasteiger partial charge in [0.15, 0.2) is 9.84 Å². The zero-order chi connectivity index (χ0) is 15.0. The van der Waals surface area contributed by atoms with Crippen molar-refractivity contribution in [1.82, 2.24) is 14.3 Å². The van der Waals surface area contributed by atoms with Gasteiger partial charge in [0, 0.05) is 12.6 Å². The highest BCUT2D eigenvalue weighted by Crippen LogP contribution is 2.21. The van der Waals surface area contributed by atoms with Crippen LogP contribution in [0.3, 0.4) is 0 Å². The number of sulfone groups is 1. The number of hydrogen-bond donors (Lipinski definition) is 2. The second kappa shape index (κ2) is 5.24. The molecule has 112 valence electrons. The van der Waals surface area contributed by atoms with Crippen LogP contribution in [0, 0.1) is 0 Å². The zero-order valence-corrected chi connectivity index (χ0v) is 12.4. The number of nitrogens with zero attached hydrogens (tertiary/aromatic N) is 3. The Morgan fingerprint density at radius 1 is 1.40 bits per heavy atom. The first-order valence-electron chi connectivity index (χ1n) is 5.77. The van der Waals surface area contributed by atoms with Gasteiger partial charge in [0.05, 0.1) is 23.9 Å². The fraction of sp³-hybridized carbons (Fsp3) is 0.556. The van der Waals surface area contributed by atoms with Crippen LogP contribution in [-0.4, -0.2) is 55.2 Å². The molecule has 0 saturated carbocycles. The number of nitrogen functional groups attached to an aromatic ring is 1. The van der Waals surface area contributed by atoms with Gasteiger partial charge >= 0.3 is 0 Å². The summed E-state index contributed by atoms with van der Waals surface area (Å²) < 4.78 is 48.9. The quantitative estimate of drug-likeness (QED) is 0.511. The summed E-state index contributed by atoms with van der Waals surface area (Å²) in [7, 11) is -6.99. The van der Waals surface area contributed by atoms with Gasteiger partial charge in [-0.3, -0.25) is 5.43 Å². The molecule has 0 bridgehead atoms. The lowest BCUT2D eigenvalue weighted by Crippen LogP contribution is -2.49. The van der Waals surface area contributed by atoms with Crippen molar-refractivity contribution >= 4 is 25.8 Å². The van der Waals surface area contributed by atoms with Gasteiger partial charge < -0.3 is 0 Å². The lowest BCUT2D eigenvalue weighted by Gasteiger charge is -2.31. The van der Waals surface area contributed by atoms with Crippen molar-refractivity contribution in [2.24, 2.45) is 5.84 Å². The highest BCUT2D eigenvalue weighted by atomic mass is 32.2. The van der Waals surface area contributed by atoms with Gasteiger partial charge in [-0.05, 0) is 6.92 Å². The summed E-state index contributed by atoms with van der Waals surface area (Å²) in [6, 6.07) is -0.619. The fourth-order valence-electron chi connectivity index (χ4n) is 2.00. The van der Waals surface area contributed by atoms with E-state index in [-0.39, 0.29) is 28.9 Å². The molecule has 1 aliphatic rings. The van der Waals surface area contributed by atoms with Gasteiger partial charge in [-0.25, -0.2) is 32.6 Å². The minimum atomic E-state index is -3.81. The molecule has 0 aromatic carbocycles. The molecular weight excluding hydrogens is 306 g/mol. The monoisotopic (exact) mass is 321 g/mol. The minimum absolute atomic E-state index is 0.0667. The van der Waals surface area contributed by atoms with Crippen LogP contribution < -0.4 is 11.3 Å². The Balaban J connectivity index is 2.30. The molecule has 1 saturated heterocycles. The highest BCUT2D eigenvalue weighted by molar-refractivity contribution is 7.92. The van der Waals surface area contributed by atoms with Gasteiger partial charge in [0.1, 0.15) is 4.90 Å². The van der Waals surface area contributed by atoms with E-state index in [1.165, 1.54) is 0 Å². The normalized spacial score (nSPS) is 23.4. The number of nitrogens with one attached hydrogen (secondary N) is 1. The van der Waals surface area contributed by atoms with E-state index in [2.05, 4.69) is 15.4 Å². The van der Waals surface area contributed by atoms with E-state index in [1.807, 2.05) is 0 Å². The highest BCUT2D eigenvalue weighted by Gasteiger charge is 2.36. The predicted molar refractivity (Wildman–Crippen MR) is 71.8 cm³/mol. The molecule has 0 radical (unpaired) electrons. The van der Waals surface area contributed by atoms with Crippen molar-refractivity contribution in [3.63, 3.8) is 0 Å². The topological polar surface area (TPSA) is 135 Å². The molecule has 1 atom stereocenters. The number of rotatable bonds is 3. The number of nitrogens with two attached hydrogens (primary N) is 1. The molecule has 0 amide bonds. The van der Waals surface area contributed by atoms with Crippen molar-refractivity contribution in [1.29, 1.82) is 0 Å². The van der Waals surface area contributed by atoms with E-state index >= 15 is 0 Å². The van der Waals surface area contributed by atoms with Crippen LogP contribution in [0.1, 0.15) is 6.92 Å².